The lowest BCUT2D eigenvalue weighted by Gasteiger charge is -2.46. The van der Waals surface area contributed by atoms with Crippen molar-refractivity contribution in [3.05, 3.63) is 17.5 Å². The van der Waals surface area contributed by atoms with Gasteiger partial charge in [-0.1, -0.05) is 27.7 Å². The van der Waals surface area contributed by atoms with Gasteiger partial charge >= 0.3 is 0 Å². The molecule has 0 aliphatic carbocycles. The summed E-state index contributed by atoms with van der Waals surface area (Å²) in [6.07, 6.45) is -0.217. The van der Waals surface area contributed by atoms with Crippen molar-refractivity contribution in [1.29, 1.82) is 0 Å². The maximum atomic E-state index is 12.8. The average molecular weight is 380 g/mol. The van der Waals surface area contributed by atoms with Gasteiger partial charge in [0, 0.05) is 5.69 Å². The molecule has 1 aliphatic rings. The van der Waals surface area contributed by atoms with Crippen LogP contribution in [0.4, 0.5) is 0 Å². The van der Waals surface area contributed by atoms with Crippen LogP contribution < -0.4 is 5.32 Å². The molecule has 1 aromatic rings. The zero-order valence-corrected chi connectivity index (χ0v) is 18.5. The number of amides is 1. The van der Waals surface area contributed by atoms with E-state index in [1.54, 1.807) is 0 Å². The Labute approximate surface area is 157 Å². The first kappa shape index (κ1) is 20.8. The van der Waals surface area contributed by atoms with Gasteiger partial charge in [-0.2, -0.15) is 5.10 Å². The minimum atomic E-state index is -1.99. The fraction of sp³-hybridized carbons (Fsp3) is 0.737. The van der Waals surface area contributed by atoms with Crippen molar-refractivity contribution in [3.63, 3.8) is 0 Å². The first-order valence-corrected chi connectivity index (χ1v) is 12.2. The SMILES string of the molecule is Cc1cc(C)n(C(=O)[C@H](C)[C@H]2NC(=O)[C@@H]2[C@@H](C)O[Si](C)(C)C(C)(C)C)n1. The van der Waals surface area contributed by atoms with Crippen LogP contribution in [-0.4, -0.2) is 42.1 Å². The van der Waals surface area contributed by atoms with Crippen LogP contribution in [0.5, 0.6) is 0 Å². The molecule has 2 heterocycles. The fourth-order valence-corrected chi connectivity index (χ4v) is 4.70. The van der Waals surface area contributed by atoms with Gasteiger partial charge in [0.05, 0.1) is 29.7 Å². The van der Waals surface area contributed by atoms with E-state index in [4.69, 9.17) is 4.43 Å². The normalized spacial score (nSPS) is 23.2. The van der Waals surface area contributed by atoms with E-state index in [2.05, 4.69) is 44.3 Å². The van der Waals surface area contributed by atoms with Gasteiger partial charge in [0.15, 0.2) is 8.32 Å². The molecule has 4 atom stereocenters. The average Bonchev–Trinajstić information content (AvgIpc) is 2.79. The zero-order chi connectivity index (χ0) is 20.0. The van der Waals surface area contributed by atoms with Crippen molar-refractivity contribution in [2.24, 2.45) is 11.8 Å². The Morgan fingerprint density at radius 3 is 2.31 bits per heavy atom. The lowest BCUT2D eigenvalue weighted by Crippen LogP contribution is -2.67. The van der Waals surface area contributed by atoms with Crippen LogP contribution in [0, 0.1) is 25.7 Å². The third kappa shape index (κ3) is 3.78. The highest BCUT2D eigenvalue weighted by Crippen LogP contribution is 2.39. The summed E-state index contributed by atoms with van der Waals surface area (Å²) in [6, 6.07) is 1.66. The number of nitrogens with zero attached hydrogens (tertiary/aromatic N) is 2. The topological polar surface area (TPSA) is 73.2 Å². The second-order valence-electron chi connectivity index (χ2n) is 9.11. The summed E-state index contributed by atoms with van der Waals surface area (Å²) in [5.41, 5.74) is 1.62. The molecule has 0 bridgehead atoms. The minimum Gasteiger partial charge on any atom is -0.413 e. The molecule has 6 nitrogen and oxygen atoms in total. The fourth-order valence-electron chi connectivity index (χ4n) is 3.27. The molecular formula is C19H33N3O3Si. The Balaban J connectivity index is 2.14. The summed E-state index contributed by atoms with van der Waals surface area (Å²) in [7, 11) is -1.99. The maximum Gasteiger partial charge on any atom is 0.252 e. The van der Waals surface area contributed by atoms with Crippen LogP contribution in [0.15, 0.2) is 6.07 Å². The number of hydrogen-bond donors (Lipinski definition) is 1. The molecule has 1 aliphatic heterocycles. The van der Waals surface area contributed by atoms with Crippen molar-refractivity contribution >= 4 is 20.1 Å². The number of β-lactam (4-membered cyclic amide) rings is 1. The number of rotatable bonds is 5. The summed E-state index contributed by atoms with van der Waals surface area (Å²) in [6.45, 7) is 18.4. The highest BCUT2D eigenvalue weighted by atomic mass is 28.4. The van der Waals surface area contributed by atoms with Crippen molar-refractivity contribution in [2.75, 3.05) is 0 Å². The predicted octanol–water partition coefficient (Wildman–Crippen LogP) is 3.30. The van der Waals surface area contributed by atoms with E-state index in [1.807, 2.05) is 33.8 Å². The Kier molecular flexibility index (Phi) is 5.55. The molecule has 1 N–H and O–H groups in total. The van der Waals surface area contributed by atoms with Gasteiger partial charge in [-0.05, 0) is 45.0 Å². The third-order valence-electron chi connectivity index (χ3n) is 5.94. The smallest absolute Gasteiger partial charge is 0.252 e. The van der Waals surface area contributed by atoms with E-state index in [1.165, 1.54) is 4.68 Å². The molecule has 0 unspecified atom stereocenters. The molecule has 1 amide bonds. The number of carbonyl (C=O) groups excluding carboxylic acids is 2. The molecule has 7 heteroatoms. The first-order chi connectivity index (χ1) is 11.8. The second kappa shape index (κ2) is 6.92. The maximum absolute atomic E-state index is 12.8. The van der Waals surface area contributed by atoms with Gasteiger partial charge in [0.2, 0.25) is 5.91 Å². The van der Waals surface area contributed by atoms with Crippen molar-refractivity contribution in [3.8, 4) is 0 Å². The van der Waals surface area contributed by atoms with E-state index in [0.717, 1.165) is 11.4 Å². The summed E-state index contributed by atoms with van der Waals surface area (Å²) in [5.74, 6) is -0.791. The van der Waals surface area contributed by atoms with Crippen LogP contribution in [-0.2, 0) is 9.22 Å². The van der Waals surface area contributed by atoms with Crippen LogP contribution in [0.1, 0.15) is 50.8 Å². The molecule has 0 radical (unpaired) electrons. The Hall–Kier alpha value is -1.47. The van der Waals surface area contributed by atoms with Crippen LogP contribution >= 0.6 is 0 Å². The minimum absolute atomic E-state index is 0.0331. The van der Waals surface area contributed by atoms with Crippen molar-refractivity contribution in [1.82, 2.24) is 15.1 Å². The molecule has 1 fully saturated rings. The molecule has 2 rings (SSSR count). The molecular weight excluding hydrogens is 346 g/mol. The van der Waals surface area contributed by atoms with Gasteiger partial charge in [-0.3, -0.25) is 9.59 Å². The predicted molar refractivity (Wildman–Crippen MR) is 105 cm³/mol. The zero-order valence-electron chi connectivity index (χ0n) is 17.5. The second-order valence-corrected chi connectivity index (χ2v) is 13.9. The molecule has 0 aromatic carbocycles. The van der Waals surface area contributed by atoms with Crippen molar-refractivity contribution < 1.29 is 14.0 Å². The standard InChI is InChI=1S/C19H33N3O3Si/c1-11-10-12(2)22(21-11)18(24)13(3)16-15(17(23)20-16)14(4)25-26(8,9)19(5,6)7/h10,13-16H,1-9H3,(H,20,23)/t13-,14-,15-,16-/m1/s1. The van der Waals surface area contributed by atoms with Gasteiger partial charge in [0.25, 0.3) is 5.91 Å². The number of hydrogen-bond acceptors (Lipinski definition) is 4. The monoisotopic (exact) mass is 379 g/mol. The molecule has 26 heavy (non-hydrogen) atoms. The number of carbonyl (C=O) groups is 2. The highest BCUT2D eigenvalue weighted by molar-refractivity contribution is 6.74. The summed E-state index contributed by atoms with van der Waals surface area (Å²) in [5, 5.41) is 7.26. The highest BCUT2D eigenvalue weighted by Gasteiger charge is 2.50. The van der Waals surface area contributed by atoms with Crippen LogP contribution in [0.3, 0.4) is 0 Å². The van der Waals surface area contributed by atoms with E-state index < -0.39 is 8.32 Å². The summed E-state index contributed by atoms with van der Waals surface area (Å²) in [4.78, 5) is 25.1. The molecule has 0 spiro atoms. The van der Waals surface area contributed by atoms with Crippen molar-refractivity contribution in [2.45, 2.75) is 78.7 Å². The van der Waals surface area contributed by atoms with E-state index in [9.17, 15) is 9.59 Å². The number of aryl methyl sites for hydroxylation is 2. The van der Waals surface area contributed by atoms with Crippen LogP contribution in [0.25, 0.3) is 0 Å². The summed E-state index contributed by atoms with van der Waals surface area (Å²) >= 11 is 0. The molecule has 0 saturated carbocycles. The van der Waals surface area contributed by atoms with E-state index in [0.29, 0.717) is 0 Å². The lowest BCUT2D eigenvalue weighted by molar-refractivity contribution is -0.141. The Bertz CT molecular complexity index is 705. The largest absolute Gasteiger partial charge is 0.413 e. The molecule has 1 saturated heterocycles. The first-order valence-electron chi connectivity index (χ1n) is 9.32. The van der Waals surface area contributed by atoms with E-state index in [-0.39, 0.29) is 40.8 Å². The Morgan fingerprint density at radius 2 is 1.88 bits per heavy atom. The number of aromatic nitrogens is 2. The van der Waals surface area contributed by atoms with Gasteiger partial charge in [-0.25, -0.2) is 4.68 Å². The van der Waals surface area contributed by atoms with E-state index >= 15 is 0 Å². The third-order valence-corrected chi connectivity index (χ3v) is 10.5. The molecule has 1 aromatic heterocycles. The quantitative estimate of drug-likeness (QED) is 0.629. The summed E-state index contributed by atoms with van der Waals surface area (Å²) < 4.78 is 7.86. The number of nitrogens with one attached hydrogen (secondary N) is 1. The molecule has 146 valence electrons. The Morgan fingerprint density at radius 1 is 1.31 bits per heavy atom. The lowest BCUT2D eigenvalue weighted by atomic mass is 9.78. The van der Waals surface area contributed by atoms with Gasteiger partial charge in [-0.15, -0.1) is 0 Å². The van der Waals surface area contributed by atoms with Crippen LogP contribution in [0.2, 0.25) is 18.1 Å². The van der Waals surface area contributed by atoms with Gasteiger partial charge < -0.3 is 9.74 Å². The van der Waals surface area contributed by atoms with Gasteiger partial charge in [0.1, 0.15) is 0 Å².